The lowest BCUT2D eigenvalue weighted by Crippen LogP contribution is -2.00. The second-order valence-corrected chi connectivity index (χ2v) is 15.7. The van der Waals surface area contributed by atoms with Crippen LogP contribution in [0, 0.1) is 0 Å². The van der Waals surface area contributed by atoms with E-state index in [1.54, 1.807) is 0 Å². The number of benzene rings is 8. The predicted octanol–water partition coefficient (Wildman–Crippen LogP) is 14.5. The molecular weight excluding hydrogens is 737 g/mol. The quantitative estimate of drug-likeness (QED) is 0.162. The number of para-hydroxylation sites is 1. The van der Waals surface area contributed by atoms with Gasteiger partial charge in [-0.3, -0.25) is 0 Å². The van der Waals surface area contributed by atoms with Gasteiger partial charge >= 0.3 is 0 Å². The van der Waals surface area contributed by atoms with Gasteiger partial charge in [-0.05, 0) is 33.9 Å². The Hall–Kier alpha value is -7.60. The molecule has 0 amide bonds. The van der Waals surface area contributed by atoms with Crippen molar-refractivity contribution >= 4 is 42.4 Å². The van der Waals surface area contributed by atoms with Gasteiger partial charge in [-0.25, -0.2) is 19.9 Å². The molecule has 0 saturated heterocycles. The highest BCUT2D eigenvalue weighted by molar-refractivity contribution is 7.26. The molecule has 0 atom stereocenters. The maximum atomic E-state index is 5.47. The van der Waals surface area contributed by atoms with Gasteiger partial charge in [-0.1, -0.05) is 200 Å². The fourth-order valence-electron chi connectivity index (χ4n) is 7.97. The van der Waals surface area contributed by atoms with Crippen molar-refractivity contribution in [2.24, 2.45) is 0 Å². The lowest BCUT2D eigenvalue weighted by Gasteiger charge is -2.12. The lowest BCUT2D eigenvalue weighted by atomic mass is 9.97. The molecule has 8 aromatic carbocycles. The van der Waals surface area contributed by atoms with E-state index in [4.69, 9.17) is 19.9 Å². The van der Waals surface area contributed by atoms with Crippen LogP contribution < -0.4 is 0 Å². The van der Waals surface area contributed by atoms with Gasteiger partial charge < -0.3 is 0 Å². The topological polar surface area (TPSA) is 51.6 Å². The van der Waals surface area contributed by atoms with Gasteiger partial charge in [0, 0.05) is 53.4 Å². The number of thiophene rings is 1. The molecule has 0 N–H and O–H groups in total. The molecular formula is C54H34N4S. The minimum Gasteiger partial charge on any atom is -0.246 e. The molecule has 0 aliphatic carbocycles. The zero-order chi connectivity index (χ0) is 39.1. The second kappa shape index (κ2) is 14.7. The van der Waals surface area contributed by atoms with Gasteiger partial charge in [0.15, 0.2) is 17.5 Å². The minimum absolute atomic E-state index is 0.616. The largest absolute Gasteiger partial charge is 0.246 e. The summed E-state index contributed by atoms with van der Waals surface area (Å²) in [7, 11) is 0. The summed E-state index contributed by atoms with van der Waals surface area (Å²) in [5.41, 5.74) is 12.6. The van der Waals surface area contributed by atoms with Crippen LogP contribution in [0.25, 0.3) is 110 Å². The average Bonchev–Trinajstić information content (AvgIpc) is 3.72. The van der Waals surface area contributed by atoms with Crippen LogP contribution in [0.3, 0.4) is 0 Å². The van der Waals surface area contributed by atoms with E-state index >= 15 is 0 Å². The zero-order valence-electron chi connectivity index (χ0n) is 31.8. The first kappa shape index (κ1) is 34.6. The molecule has 11 aromatic rings. The summed E-state index contributed by atoms with van der Waals surface area (Å²) >= 11 is 1.84. The number of pyridine rings is 1. The van der Waals surface area contributed by atoms with Crippen molar-refractivity contribution < 1.29 is 0 Å². The Morgan fingerprint density at radius 3 is 1.22 bits per heavy atom. The molecule has 0 unspecified atom stereocenters. The molecule has 0 bridgehead atoms. The van der Waals surface area contributed by atoms with Crippen LogP contribution in [0.15, 0.2) is 206 Å². The summed E-state index contributed by atoms with van der Waals surface area (Å²) in [4.78, 5) is 20.7. The number of fused-ring (bicyclic) bond motifs is 5. The molecule has 11 rings (SSSR count). The van der Waals surface area contributed by atoms with E-state index in [1.165, 1.54) is 31.3 Å². The third-order valence-electron chi connectivity index (χ3n) is 11.0. The number of hydrogen-bond acceptors (Lipinski definition) is 5. The highest BCUT2D eigenvalue weighted by Gasteiger charge is 2.19. The summed E-state index contributed by atoms with van der Waals surface area (Å²) in [6.07, 6.45) is 0. The first-order chi connectivity index (χ1) is 29.2. The van der Waals surface area contributed by atoms with Crippen molar-refractivity contribution in [2.45, 2.75) is 0 Å². The van der Waals surface area contributed by atoms with Crippen LogP contribution in [0.1, 0.15) is 0 Å². The van der Waals surface area contributed by atoms with Crippen molar-refractivity contribution in [1.82, 2.24) is 19.9 Å². The van der Waals surface area contributed by atoms with Crippen LogP contribution >= 0.6 is 11.3 Å². The highest BCUT2D eigenvalue weighted by atomic mass is 32.1. The number of hydrogen-bond donors (Lipinski definition) is 0. The molecule has 0 radical (unpaired) electrons. The monoisotopic (exact) mass is 770 g/mol. The van der Waals surface area contributed by atoms with E-state index in [1.807, 2.05) is 23.5 Å². The van der Waals surface area contributed by atoms with Crippen molar-refractivity contribution in [1.29, 1.82) is 0 Å². The van der Waals surface area contributed by atoms with E-state index in [2.05, 4.69) is 194 Å². The molecule has 5 heteroatoms. The van der Waals surface area contributed by atoms with E-state index in [0.29, 0.717) is 17.5 Å². The standard InChI is InChI=1S/C54H34N4S/c1-4-13-35(14-5-1)37-23-29-41(30-24-37)52-56-53(42-31-25-38(26-32-42)36-15-6-2-7-16-36)58-54(57-52)43-33-27-39(28-34-43)44-20-12-21-46-50(44)55-49(40-17-8-3-9-18-40)48-45-19-10-11-22-47(45)59-51(46)48/h1-34H. The van der Waals surface area contributed by atoms with Gasteiger partial charge in [0.2, 0.25) is 0 Å². The molecule has 3 heterocycles. The third kappa shape index (κ3) is 6.44. The van der Waals surface area contributed by atoms with Gasteiger partial charge in [-0.2, -0.15) is 0 Å². The van der Waals surface area contributed by atoms with Crippen LogP contribution in [0.2, 0.25) is 0 Å². The molecule has 0 aliphatic rings. The van der Waals surface area contributed by atoms with Crippen LogP contribution in [0.4, 0.5) is 0 Å². The molecule has 0 saturated carbocycles. The maximum absolute atomic E-state index is 5.47. The van der Waals surface area contributed by atoms with Crippen molar-refractivity contribution in [2.75, 3.05) is 0 Å². The van der Waals surface area contributed by atoms with Crippen LogP contribution in [0.5, 0.6) is 0 Å². The molecule has 0 spiro atoms. The third-order valence-corrected chi connectivity index (χ3v) is 12.2. The van der Waals surface area contributed by atoms with Crippen molar-refractivity contribution in [3.63, 3.8) is 0 Å². The summed E-state index contributed by atoms with van der Waals surface area (Å²) in [6.45, 7) is 0. The lowest BCUT2D eigenvalue weighted by molar-refractivity contribution is 1.07. The van der Waals surface area contributed by atoms with E-state index in [-0.39, 0.29) is 0 Å². The Labute approximate surface area is 345 Å². The van der Waals surface area contributed by atoms with Crippen LogP contribution in [-0.2, 0) is 0 Å². The summed E-state index contributed by atoms with van der Waals surface area (Å²) in [5.74, 6) is 1.87. The first-order valence-electron chi connectivity index (χ1n) is 19.7. The van der Waals surface area contributed by atoms with E-state index in [0.717, 1.165) is 61.1 Å². The Morgan fingerprint density at radius 2 is 0.695 bits per heavy atom. The molecule has 0 fully saturated rings. The van der Waals surface area contributed by atoms with Gasteiger partial charge in [-0.15, -0.1) is 11.3 Å². The number of aromatic nitrogens is 4. The second-order valence-electron chi connectivity index (χ2n) is 14.6. The summed E-state index contributed by atoms with van der Waals surface area (Å²) in [6, 6.07) is 72.0. The highest BCUT2D eigenvalue weighted by Crippen LogP contribution is 2.44. The van der Waals surface area contributed by atoms with Crippen molar-refractivity contribution in [3.8, 4) is 78.8 Å². The molecule has 3 aromatic heterocycles. The van der Waals surface area contributed by atoms with Crippen LogP contribution in [-0.4, -0.2) is 19.9 Å². The van der Waals surface area contributed by atoms with Gasteiger partial charge in [0.25, 0.3) is 0 Å². The first-order valence-corrected chi connectivity index (χ1v) is 20.5. The fourth-order valence-corrected chi connectivity index (χ4v) is 9.20. The SMILES string of the molecule is c1ccc(-c2ccc(-c3nc(-c4ccc(-c5ccccc5)cc4)nc(-c4ccc(-c5cccc6c5nc(-c5ccccc5)c5c7ccccc7sc65)cc4)n3)cc2)cc1. The zero-order valence-corrected chi connectivity index (χ0v) is 32.6. The summed E-state index contributed by atoms with van der Waals surface area (Å²) in [5, 5.41) is 3.61. The Morgan fingerprint density at radius 1 is 0.288 bits per heavy atom. The maximum Gasteiger partial charge on any atom is 0.164 e. The normalized spacial score (nSPS) is 11.4. The fraction of sp³-hybridized carbons (Fsp3) is 0. The van der Waals surface area contributed by atoms with Gasteiger partial charge in [0.05, 0.1) is 11.2 Å². The van der Waals surface area contributed by atoms with E-state index in [9.17, 15) is 0 Å². The van der Waals surface area contributed by atoms with E-state index < -0.39 is 0 Å². The molecule has 4 nitrogen and oxygen atoms in total. The minimum atomic E-state index is 0.616. The Balaban J connectivity index is 1.02. The predicted molar refractivity (Wildman–Crippen MR) is 246 cm³/mol. The molecule has 276 valence electrons. The molecule has 0 aliphatic heterocycles. The molecule has 59 heavy (non-hydrogen) atoms. The Bertz CT molecular complexity index is 3170. The summed E-state index contributed by atoms with van der Waals surface area (Å²) < 4.78 is 2.52. The number of nitrogens with zero attached hydrogens (tertiary/aromatic N) is 4. The van der Waals surface area contributed by atoms with Gasteiger partial charge in [0.1, 0.15) is 0 Å². The smallest absolute Gasteiger partial charge is 0.164 e. The Kier molecular flexibility index (Phi) is 8.64. The van der Waals surface area contributed by atoms with Crippen molar-refractivity contribution in [3.05, 3.63) is 206 Å². The average molecular weight is 771 g/mol. The number of rotatable bonds is 7.